The predicted octanol–water partition coefficient (Wildman–Crippen LogP) is 2.88. The van der Waals surface area contributed by atoms with Gasteiger partial charge in [-0.05, 0) is 35.9 Å². The normalized spacial score (nSPS) is 10.5. The number of hydrazone groups is 1. The Balaban J connectivity index is 2.08. The van der Waals surface area contributed by atoms with E-state index in [9.17, 15) is 0 Å². The van der Waals surface area contributed by atoms with Gasteiger partial charge in [0.25, 0.3) is 0 Å². The Bertz CT molecular complexity index is 679. The average Bonchev–Trinajstić information content (AvgIpc) is 2.55. The van der Waals surface area contributed by atoms with E-state index >= 15 is 0 Å². The lowest BCUT2D eigenvalue weighted by molar-refractivity contribution is 0.402. The van der Waals surface area contributed by atoms with Crippen molar-refractivity contribution in [2.75, 3.05) is 20.0 Å². The van der Waals surface area contributed by atoms with Gasteiger partial charge in [-0.3, -0.25) is 5.43 Å². The molecule has 0 bridgehead atoms. The van der Waals surface area contributed by atoms with Gasteiger partial charge in [-0.2, -0.15) is 5.10 Å². The van der Waals surface area contributed by atoms with Crippen molar-refractivity contribution in [2.45, 2.75) is 0 Å². The van der Waals surface area contributed by atoms with Crippen LogP contribution in [0.1, 0.15) is 11.1 Å². The van der Waals surface area contributed by atoms with Gasteiger partial charge in [0.2, 0.25) is 0 Å². The molecule has 5 nitrogen and oxygen atoms in total. The van der Waals surface area contributed by atoms with Gasteiger partial charge in [-0.1, -0.05) is 18.7 Å². The summed E-state index contributed by atoms with van der Waals surface area (Å²) in [5.74, 6) is 1.45. The van der Waals surface area contributed by atoms with Gasteiger partial charge in [0, 0.05) is 11.3 Å². The van der Waals surface area contributed by atoms with Crippen molar-refractivity contribution in [3.05, 3.63) is 60.2 Å². The molecular formula is C17H19N3O2. The summed E-state index contributed by atoms with van der Waals surface area (Å²) in [6.45, 7) is 3.94. The fourth-order valence-corrected chi connectivity index (χ4v) is 1.87. The molecule has 0 spiro atoms. The van der Waals surface area contributed by atoms with Gasteiger partial charge in [-0.15, -0.1) is 0 Å². The number of nitrogens with two attached hydrogens (primary N) is 1. The highest BCUT2D eigenvalue weighted by atomic mass is 16.5. The summed E-state index contributed by atoms with van der Waals surface area (Å²) in [6, 6.07) is 12.9. The molecule has 0 saturated heterocycles. The number of benzene rings is 2. The van der Waals surface area contributed by atoms with E-state index in [2.05, 4.69) is 17.1 Å². The number of ether oxygens (including phenoxy) is 2. The summed E-state index contributed by atoms with van der Waals surface area (Å²) in [7, 11) is 3.23. The second-order valence-corrected chi connectivity index (χ2v) is 4.58. The van der Waals surface area contributed by atoms with Crippen LogP contribution in [0.2, 0.25) is 0 Å². The van der Waals surface area contributed by atoms with Crippen molar-refractivity contribution in [3.8, 4) is 11.5 Å². The third kappa shape index (κ3) is 3.79. The zero-order valence-electron chi connectivity index (χ0n) is 12.7. The minimum atomic E-state index is 0.679. The first-order chi connectivity index (χ1) is 10.6. The van der Waals surface area contributed by atoms with E-state index in [1.54, 1.807) is 20.4 Å². The van der Waals surface area contributed by atoms with Gasteiger partial charge in [0.15, 0.2) is 0 Å². The topological polar surface area (TPSA) is 68.9 Å². The van der Waals surface area contributed by atoms with E-state index in [1.165, 1.54) is 0 Å². The second kappa shape index (κ2) is 7.17. The zero-order valence-corrected chi connectivity index (χ0v) is 12.7. The Morgan fingerprint density at radius 1 is 1.14 bits per heavy atom. The molecule has 3 N–H and O–H groups in total. The highest BCUT2D eigenvalue weighted by Crippen LogP contribution is 2.22. The van der Waals surface area contributed by atoms with Crippen molar-refractivity contribution in [2.24, 2.45) is 5.10 Å². The second-order valence-electron chi connectivity index (χ2n) is 4.58. The summed E-state index contributed by atoms with van der Waals surface area (Å²) in [5, 5.41) is 4.18. The first kappa shape index (κ1) is 15.4. The quantitative estimate of drug-likeness (QED) is 0.489. The van der Waals surface area contributed by atoms with E-state index in [4.69, 9.17) is 15.2 Å². The van der Waals surface area contributed by atoms with Gasteiger partial charge >= 0.3 is 0 Å². The van der Waals surface area contributed by atoms with Gasteiger partial charge < -0.3 is 15.2 Å². The molecule has 5 heteroatoms. The Morgan fingerprint density at radius 2 is 1.86 bits per heavy atom. The van der Waals surface area contributed by atoms with Crippen LogP contribution in [-0.2, 0) is 0 Å². The zero-order chi connectivity index (χ0) is 15.9. The molecule has 0 fully saturated rings. The molecule has 0 saturated carbocycles. The van der Waals surface area contributed by atoms with Crippen molar-refractivity contribution >= 4 is 17.6 Å². The third-order valence-corrected chi connectivity index (χ3v) is 3.10. The Kier molecular flexibility index (Phi) is 5.03. The molecule has 0 atom stereocenters. The van der Waals surface area contributed by atoms with E-state index < -0.39 is 0 Å². The van der Waals surface area contributed by atoms with Crippen LogP contribution in [-0.4, -0.2) is 20.4 Å². The predicted molar refractivity (Wildman–Crippen MR) is 90.2 cm³/mol. The molecule has 114 valence electrons. The monoisotopic (exact) mass is 297 g/mol. The lowest BCUT2D eigenvalue weighted by Crippen LogP contribution is -2.04. The molecule has 2 rings (SSSR count). The van der Waals surface area contributed by atoms with Crippen LogP contribution >= 0.6 is 0 Å². The van der Waals surface area contributed by atoms with Crippen LogP contribution in [0.4, 0.5) is 5.69 Å². The third-order valence-electron chi connectivity index (χ3n) is 3.10. The fraction of sp³-hybridized carbons (Fsp3) is 0.118. The fourth-order valence-electron chi connectivity index (χ4n) is 1.87. The SMILES string of the molecule is C=C(NN=Cc1cc(OC)ccc1OC)c1ccc(N)cc1. The summed E-state index contributed by atoms with van der Waals surface area (Å²) >= 11 is 0. The van der Waals surface area contributed by atoms with E-state index in [1.807, 2.05) is 42.5 Å². The molecular weight excluding hydrogens is 278 g/mol. The van der Waals surface area contributed by atoms with Crippen molar-refractivity contribution in [1.82, 2.24) is 5.43 Å². The summed E-state index contributed by atoms with van der Waals surface area (Å²) in [4.78, 5) is 0. The van der Waals surface area contributed by atoms with Crippen LogP contribution in [0.5, 0.6) is 11.5 Å². The molecule has 0 aliphatic rings. The largest absolute Gasteiger partial charge is 0.497 e. The van der Waals surface area contributed by atoms with Crippen LogP contribution in [0.3, 0.4) is 0 Å². The number of nitrogens with zero attached hydrogens (tertiary/aromatic N) is 1. The lowest BCUT2D eigenvalue weighted by Gasteiger charge is -2.08. The van der Waals surface area contributed by atoms with Gasteiger partial charge in [0.1, 0.15) is 11.5 Å². The molecule has 0 heterocycles. The molecule has 22 heavy (non-hydrogen) atoms. The van der Waals surface area contributed by atoms with Crippen LogP contribution < -0.4 is 20.6 Å². The molecule has 0 aliphatic carbocycles. The maximum Gasteiger partial charge on any atom is 0.127 e. The van der Waals surface area contributed by atoms with Crippen LogP contribution in [0, 0.1) is 0 Å². The van der Waals surface area contributed by atoms with E-state index in [-0.39, 0.29) is 0 Å². The smallest absolute Gasteiger partial charge is 0.127 e. The summed E-state index contributed by atoms with van der Waals surface area (Å²) < 4.78 is 10.5. The molecule has 0 aromatic heterocycles. The van der Waals surface area contributed by atoms with Crippen molar-refractivity contribution in [3.63, 3.8) is 0 Å². The molecule has 2 aromatic rings. The number of rotatable bonds is 6. The summed E-state index contributed by atoms with van der Waals surface area (Å²) in [5.41, 5.74) is 11.7. The minimum Gasteiger partial charge on any atom is -0.497 e. The highest BCUT2D eigenvalue weighted by molar-refractivity contribution is 5.84. The maximum atomic E-state index is 5.66. The number of nitrogens with one attached hydrogen (secondary N) is 1. The number of methoxy groups -OCH3 is 2. The molecule has 0 unspecified atom stereocenters. The number of hydrogen-bond acceptors (Lipinski definition) is 5. The van der Waals surface area contributed by atoms with Gasteiger partial charge in [0.05, 0.1) is 26.1 Å². The minimum absolute atomic E-state index is 0.679. The van der Waals surface area contributed by atoms with Crippen molar-refractivity contribution < 1.29 is 9.47 Å². The van der Waals surface area contributed by atoms with Crippen molar-refractivity contribution in [1.29, 1.82) is 0 Å². The molecule has 2 aromatic carbocycles. The first-order valence-corrected chi connectivity index (χ1v) is 6.70. The van der Waals surface area contributed by atoms with Crippen LogP contribution in [0.25, 0.3) is 5.70 Å². The number of anilines is 1. The van der Waals surface area contributed by atoms with Crippen LogP contribution in [0.15, 0.2) is 54.1 Å². The van der Waals surface area contributed by atoms with E-state index in [0.717, 1.165) is 16.9 Å². The van der Waals surface area contributed by atoms with Gasteiger partial charge in [-0.25, -0.2) is 0 Å². The number of nitrogen functional groups attached to an aromatic ring is 1. The maximum absolute atomic E-state index is 5.66. The highest BCUT2D eigenvalue weighted by Gasteiger charge is 2.02. The Labute approximate surface area is 130 Å². The Hall–Kier alpha value is -2.95. The standard InChI is InChI=1S/C17H19N3O2/c1-12(13-4-6-15(18)7-5-13)20-19-11-14-10-16(21-2)8-9-17(14)22-3/h4-11,20H,1,18H2,2-3H3. The lowest BCUT2D eigenvalue weighted by atomic mass is 10.1. The molecule has 0 radical (unpaired) electrons. The Morgan fingerprint density at radius 3 is 2.50 bits per heavy atom. The molecule has 0 amide bonds. The van der Waals surface area contributed by atoms with E-state index in [0.29, 0.717) is 17.1 Å². The summed E-state index contributed by atoms with van der Waals surface area (Å²) in [6.07, 6.45) is 1.66. The average molecular weight is 297 g/mol. The first-order valence-electron chi connectivity index (χ1n) is 6.70. The molecule has 0 aliphatic heterocycles. The number of hydrogen-bond donors (Lipinski definition) is 2.